The van der Waals surface area contributed by atoms with Gasteiger partial charge in [-0.3, -0.25) is 0 Å². The number of methoxy groups -OCH3 is 2. The van der Waals surface area contributed by atoms with E-state index in [9.17, 15) is 0 Å². The largest absolute Gasteiger partial charge is 0.493 e. The van der Waals surface area contributed by atoms with Crippen molar-refractivity contribution in [3.05, 3.63) is 42.0 Å². The van der Waals surface area contributed by atoms with Gasteiger partial charge in [0.05, 0.1) is 14.2 Å². The standard InChI is InChI=1S/C29H40N4O2/c1-5-24-25-19-22(30-21-10-16-33(17-11-21)23-12-14-32(2)15-13-23)7-8-26(25)31-29(24)20-6-9-27(34-3)28(18-20)35-4/h6-9,18-19,21,23,30-31H,5,10-17H2,1-4H3. The predicted octanol–water partition coefficient (Wildman–Crippen LogP) is 5.39. The van der Waals surface area contributed by atoms with Crippen molar-refractivity contribution in [1.82, 2.24) is 14.8 Å². The van der Waals surface area contributed by atoms with E-state index in [1.54, 1.807) is 14.2 Å². The van der Waals surface area contributed by atoms with Gasteiger partial charge in [0.1, 0.15) is 0 Å². The van der Waals surface area contributed by atoms with Crippen molar-refractivity contribution in [2.45, 2.75) is 51.1 Å². The number of hydrogen-bond acceptors (Lipinski definition) is 5. The van der Waals surface area contributed by atoms with Crippen LogP contribution in [0.4, 0.5) is 5.69 Å². The maximum Gasteiger partial charge on any atom is 0.161 e. The number of nitrogens with one attached hydrogen (secondary N) is 2. The fourth-order valence-electron chi connectivity index (χ4n) is 5.95. The lowest BCUT2D eigenvalue weighted by molar-refractivity contribution is 0.0994. The molecule has 0 saturated carbocycles. The van der Waals surface area contributed by atoms with E-state index in [4.69, 9.17) is 9.47 Å². The van der Waals surface area contributed by atoms with Gasteiger partial charge in [-0.2, -0.15) is 0 Å². The first kappa shape index (κ1) is 24.0. The number of hydrogen-bond donors (Lipinski definition) is 2. The van der Waals surface area contributed by atoms with Crippen LogP contribution in [0.3, 0.4) is 0 Å². The summed E-state index contributed by atoms with van der Waals surface area (Å²) >= 11 is 0. The number of nitrogens with zero attached hydrogens (tertiary/aromatic N) is 2. The van der Waals surface area contributed by atoms with Gasteiger partial charge in [-0.1, -0.05) is 6.92 Å². The quantitative estimate of drug-likeness (QED) is 0.479. The molecule has 0 radical (unpaired) electrons. The monoisotopic (exact) mass is 476 g/mol. The van der Waals surface area contributed by atoms with Crippen LogP contribution in [0.25, 0.3) is 22.2 Å². The Morgan fingerprint density at radius 2 is 1.66 bits per heavy atom. The molecule has 0 spiro atoms. The van der Waals surface area contributed by atoms with E-state index < -0.39 is 0 Å². The molecular formula is C29H40N4O2. The number of ether oxygens (including phenoxy) is 2. The number of likely N-dealkylation sites (tertiary alicyclic amines) is 2. The van der Waals surface area contributed by atoms with Gasteiger partial charge in [-0.05, 0) is 94.2 Å². The minimum Gasteiger partial charge on any atom is -0.493 e. The summed E-state index contributed by atoms with van der Waals surface area (Å²) in [5.74, 6) is 1.50. The van der Waals surface area contributed by atoms with Gasteiger partial charge in [0.15, 0.2) is 11.5 Å². The summed E-state index contributed by atoms with van der Waals surface area (Å²) in [6, 6.07) is 14.2. The number of H-pyrrole nitrogens is 1. The van der Waals surface area contributed by atoms with E-state index in [2.05, 4.69) is 64.4 Å². The van der Waals surface area contributed by atoms with Gasteiger partial charge in [0.2, 0.25) is 0 Å². The number of aromatic amines is 1. The molecule has 6 heteroatoms. The first-order chi connectivity index (χ1) is 17.1. The van der Waals surface area contributed by atoms with Crippen molar-refractivity contribution in [3.8, 4) is 22.8 Å². The van der Waals surface area contributed by atoms with Gasteiger partial charge < -0.3 is 29.6 Å². The Bertz CT molecular complexity index is 1140. The summed E-state index contributed by atoms with van der Waals surface area (Å²) in [6.45, 7) is 7.13. The number of anilines is 1. The maximum atomic E-state index is 5.55. The summed E-state index contributed by atoms with van der Waals surface area (Å²) in [6.07, 6.45) is 6.04. The molecule has 0 aliphatic carbocycles. The van der Waals surface area contributed by atoms with Crippen LogP contribution in [0.5, 0.6) is 11.5 Å². The fraction of sp³-hybridized carbons (Fsp3) is 0.517. The van der Waals surface area contributed by atoms with Gasteiger partial charge in [-0.25, -0.2) is 0 Å². The molecular weight excluding hydrogens is 436 g/mol. The minimum absolute atomic E-state index is 0.546. The highest BCUT2D eigenvalue weighted by Crippen LogP contribution is 2.37. The Morgan fingerprint density at radius 3 is 2.34 bits per heavy atom. The number of piperidine rings is 2. The SMILES string of the molecule is CCc1c(-c2ccc(OC)c(OC)c2)[nH]c2ccc(NC3CCN(C4CCN(C)CC4)CC3)cc12. The molecule has 0 atom stereocenters. The van der Waals surface area contributed by atoms with Crippen molar-refractivity contribution < 1.29 is 9.47 Å². The lowest BCUT2D eigenvalue weighted by atomic mass is 9.97. The van der Waals surface area contributed by atoms with Crippen LogP contribution < -0.4 is 14.8 Å². The second kappa shape index (κ2) is 10.5. The van der Waals surface area contributed by atoms with Crippen LogP contribution in [0, 0.1) is 0 Å². The molecule has 2 N–H and O–H groups in total. The van der Waals surface area contributed by atoms with Crippen LogP contribution in [0.1, 0.15) is 38.2 Å². The lowest BCUT2D eigenvalue weighted by Crippen LogP contribution is -2.48. The van der Waals surface area contributed by atoms with Crippen molar-refractivity contribution in [1.29, 1.82) is 0 Å². The highest BCUT2D eigenvalue weighted by atomic mass is 16.5. The first-order valence-corrected chi connectivity index (χ1v) is 13.2. The van der Waals surface area contributed by atoms with E-state index in [1.165, 1.54) is 74.0 Å². The summed E-state index contributed by atoms with van der Waals surface area (Å²) in [5.41, 5.74) is 6.02. The molecule has 2 aliphatic rings. The average Bonchev–Trinajstić information content (AvgIpc) is 3.27. The van der Waals surface area contributed by atoms with E-state index in [0.29, 0.717) is 6.04 Å². The molecule has 1 aromatic heterocycles. The summed E-state index contributed by atoms with van der Waals surface area (Å²) in [5, 5.41) is 5.15. The zero-order valence-electron chi connectivity index (χ0n) is 21.7. The predicted molar refractivity (Wildman–Crippen MR) is 145 cm³/mol. The normalized spacial score (nSPS) is 18.7. The zero-order valence-corrected chi connectivity index (χ0v) is 21.7. The van der Waals surface area contributed by atoms with E-state index >= 15 is 0 Å². The average molecular weight is 477 g/mol. The number of benzene rings is 2. The third-order valence-electron chi connectivity index (χ3n) is 8.04. The first-order valence-electron chi connectivity index (χ1n) is 13.2. The molecule has 2 fully saturated rings. The minimum atomic E-state index is 0.546. The third-order valence-corrected chi connectivity index (χ3v) is 8.04. The van der Waals surface area contributed by atoms with Crippen LogP contribution in [0.15, 0.2) is 36.4 Å². The number of rotatable bonds is 7. The molecule has 2 aromatic carbocycles. The Kier molecular flexibility index (Phi) is 7.21. The van der Waals surface area contributed by atoms with Crippen LogP contribution in [0.2, 0.25) is 0 Å². The number of aromatic nitrogens is 1. The molecule has 2 saturated heterocycles. The van der Waals surface area contributed by atoms with Gasteiger partial charge in [-0.15, -0.1) is 0 Å². The van der Waals surface area contributed by atoms with Crippen LogP contribution >= 0.6 is 0 Å². The molecule has 0 unspecified atom stereocenters. The molecule has 35 heavy (non-hydrogen) atoms. The van der Waals surface area contributed by atoms with Gasteiger partial charge in [0.25, 0.3) is 0 Å². The van der Waals surface area contributed by atoms with E-state index in [-0.39, 0.29) is 0 Å². The van der Waals surface area contributed by atoms with E-state index in [1.807, 2.05) is 6.07 Å². The van der Waals surface area contributed by atoms with E-state index in [0.717, 1.165) is 35.2 Å². The molecule has 5 rings (SSSR count). The highest BCUT2D eigenvalue weighted by molar-refractivity contribution is 5.93. The van der Waals surface area contributed by atoms with Crippen molar-refractivity contribution in [3.63, 3.8) is 0 Å². The second-order valence-corrected chi connectivity index (χ2v) is 10.2. The van der Waals surface area contributed by atoms with Crippen molar-refractivity contribution in [2.75, 3.05) is 52.8 Å². The topological polar surface area (TPSA) is 52.8 Å². The molecule has 188 valence electrons. The third kappa shape index (κ3) is 5.00. The van der Waals surface area contributed by atoms with Crippen molar-refractivity contribution >= 4 is 16.6 Å². The summed E-state index contributed by atoms with van der Waals surface area (Å²) in [7, 11) is 5.60. The summed E-state index contributed by atoms with van der Waals surface area (Å²) in [4.78, 5) is 8.86. The van der Waals surface area contributed by atoms with Crippen molar-refractivity contribution in [2.24, 2.45) is 0 Å². The fourth-order valence-corrected chi connectivity index (χ4v) is 5.95. The Labute approximate surface area is 209 Å². The van der Waals surface area contributed by atoms with Gasteiger partial charge in [0, 0.05) is 53.0 Å². The highest BCUT2D eigenvalue weighted by Gasteiger charge is 2.27. The lowest BCUT2D eigenvalue weighted by Gasteiger charge is -2.41. The smallest absolute Gasteiger partial charge is 0.161 e. The molecule has 3 aromatic rings. The molecule has 0 bridgehead atoms. The number of aryl methyl sites for hydroxylation is 1. The Balaban J connectivity index is 1.30. The Hall–Kier alpha value is -2.70. The maximum absolute atomic E-state index is 5.55. The van der Waals surface area contributed by atoms with Crippen LogP contribution in [-0.4, -0.2) is 74.3 Å². The second-order valence-electron chi connectivity index (χ2n) is 10.2. The zero-order chi connectivity index (χ0) is 24.4. The van der Waals surface area contributed by atoms with Gasteiger partial charge >= 0.3 is 0 Å². The molecule has 2 aliphatic heterocycles. The Morgan fingerprint density at radius 1 is 0.914 bits per heavy atom. The van der Waals surface area contributed by atoms with Crippen LogP contribution in [-0.2, 0) is 6.42 Å². The molecule has 0 amide bonds. The molecule has 6 nitrogen and oxygen atoms in total. The number of fused-ring (bicyclic) bond motifs is 1. The summed E-state index contributed by atoms with van der Waals surface area (Å²) < 4.78 is 11.0. The molecule has 3 heterocycles.